The van der Waals surface area contributed by atoms with Gasteiger partial charge in [-0.25, -0.2) is 0 Å². The van der Waals surface area contributed by atoms with E-state index in [0.29, 0.717) is 6.54 Å². The minimum atomic E-state index is -0.572. The average molecular weight is 212 g/mol. The molecule has 0 heterocycles. The first kappa shape index (κ1) is 12.1. The van der Waals surface area contributed by atoms with E-state index >= 15 is 0 Å². The number of ether oxygens (including phenoxy) is 1. The predicted octanol–water partition coefficient (Wildman–Crippen LogP) is 0.719. The van der Waals surface area contributed by atoms with E-state index < -0.39 is 5.38 Å². The zero-order chi connectivity index (χ0) is 9.40. The SMILES string of the molecule is COC(=O)C(Cl)CNCCSC. The number of thioether (sulfide) groups is 1. The monoisotopic (exact) mass is 211 g/mol. The summed E-state index contributed by atoms with van der Waals surface area (Å²) in [5, 5.41) is 2.48. The molecule has 12 heavy (non-hydrogen) atoms. The lowest BCUT2D eigenvalue weighted by Gasteiger charge is -2.07. The molecule has 1 unspecified atom stereocenters. The van der Waals surface area contributed by atoms with Crippen molar-refractivity contribution < 1.29 is 9.53 Å². The number of methoxy groups -OCH3 is 1. The smallest absolute Gasteiger partial charge is 0.325 e. The number of hydrogen-bond donors (Lipinski definition) is 1. The van der Waals surface area contributed by atoms with E-state index in [1.165, 1.54) is 7.11 Å². The van der Waals surface area contributed by atoms with Crippen LogP contribution >= 0.6 is 23.4 Å². The van der Waals surface area contributed by atoms with Crippen LogP contribution in [0.1, 0.15) is 0 Å². The molecular weight excluding hydrogens is 198 g/mol. The minimum Gasteiger partial charge on any atom is -0.468 e. The van der Waals surface area contributed by atoms with Gasteiger partial charge in [0.2, 0.25) is 0 Å². The highest BCUT2D eigenvalue weighted by atomic mass is 35.5. The van der Waals surface area contributed by atoms with Crippen molar-refractivity contribution in [2.75, 3.05) is 32.2 Å². The fourth-order valence-electron chi connectivity index (χ4n) is 0.614. The van der Waals surface area contributed by atoms with Crippen LogP contribution < -0.4 is 5.32 Å². The Bertz CT molecular complexity index is 135. The van der Waals surface area contributed by atoms with E-state index in [4.69, 9.17) is 11.6 Å². The van der Waals surface area contributed by atoms with Crippen molar-refractivity contribution in [1.29, 1.82) is 0 Å². The maximum Gasteiger partial charge on any atom is 0.325 e. The van der Waals surface area contributed by atoms with Gasteiger partial charge >= 0.3 is 5.97 Å². The zero-order valence-electron chi connectivity index (χ0n) is 7.30. The van der Waals surface area contributed by atoms with Crippen LogP contribution in [0.3, 0.4) is 0 Å². The Labute approximate surface area is 82.2 Å². The highest BCUT2D eigenvalue weighted by Crippen LogP contribution is 1.96. The second-order valence-electron chi connectivity index (χ2n) is 2.19. The molecule has 0 radical (unpaired) electrons. The lowest BCUT2D eigenvalue weighted by molar-refractivity contribution is -0.140. The van der Waals surface area contributed by atoms with Crippen LogP contribution in [0.15, 0.2) is 0 Å². The fourth-order valence-corrected chi connectivity index (χ4v) is 1.16. The first-order valence-corrected chi connectivity index (χ1v) is 5.47. The predicted molar refractivity (Wildman–Crippen MR) is 52.9 cm³/mol. The van der Waals surface area contributed by atoms with Crippen LogP contribution in [0, 0.1) is 0 Å². The molecule has 0 rings (SSSR count). The number of rotatable bonds is 6. The Hall–Kier alpha value is 0.0700. The van der Waals surface area contributed by atoms with Gasteiger partial charge in [0.15, 0.2) is 0 Å². The summed E-state index contributed by atoms with van der Waals surface area (Å²) in [7, 11) is 1.33. The van der Waals surface area contributed by atoms with Crippen molar-refractivity contribution in [3.8, 4) is 0 Å². The quantitative estimate of drug-likeness (QED) is 0.399. The van der Waals surface area contributed by atoms with Crippen LogP contribution in [0.25, 0.3) is 0 Å². The maximum absolute atomic E-state index is 10.8. The topological polar surface area (TPSA) is 38.3 Å². The third kappa shape index (κ3) is 5.69. The molecule has 0 amide bonds. The molecular formula is C7H14ClNO2S. The largest absolute Gasteiger partial charge is 0.468 e. The second kappa shape index (κ2) is 7.71. The molecule has 0 spiro atoms. The van der Waals surface area contributed by atoms with E-state index in [1.807, 2.05) is 6.26 Å². The lowest BCUT2D eigenvalue weighted by Crippen LogP contribution is -2.31. The second-order valence-corrected chi connectivity index (χ2v) is 3.70. The molecule has 1 N–H and O–H groups in total. The number of nitrogens with one attached hydrogen (secondary N) is 1. The third-order valence-corrected chi connectivity index (χ3v) is 2.21. The van der Waals surface area contributed by atoms with Gasteiger partial charge in [-0.15, -0.1) is 11.6 Å². The summed E-state index contributed by atoms with van der Waals surface area (Å²) in [6.45, 7) is 1.33. The molecule has 0 aliphatic carbocycles. The van der Waals surface area contributed by atoms with E-state index in [-0.39, 0.29) is 5.97 Å². The number of carbonyl (C=O) groups excluding carboxylic acids is 1. The van der Waals surface area contributed by atoms with Gasteiger partial charge in [-0.2, -0.15) is 11.8 Å². The standard InChI is InChI=1S/C7H14ClNO2S/c1-11-7(10)6(8)5-9-3-4-12-2/h6,9H,3-5H2,1-2H3. The van der Waals surface area contributed by atoms with Gasteiger partial charge in [0, 0.05) is 18.8 Å². The Morgan fingerprint density at radius 2 is 2.42 bits per heavy atom. The summed E-state index contributed by atoms with van der Waals surface area (Å²) in [4.78, 5) is 10.8. The number of esters is 1. The van der Waals surface area contributed by atoms with Crippen molar-refractivity contribution in [1.82, 2.24) is 5.32 Å². The summed E-state index contributed by atoms with van der Waals surface area (Å²) in [5.41, 5.74) is 0. The van der Waals surface area contributed by atoms with Gasteiger partial charge in [-0.3, -0.25) is 4.79 Å². The van der Waals surface area contributed by atoms with Gasteiger partial charge < -0.3 is 10.1 Å². The van der Waals surface area contributed by atoms with E-state index in [0.717, 1.165) is 12.3 Å². The summed E-state index contributed by atoms with van der Waals surface area (Å²) < 4.78 is 4.45. The lowest BCUT2D eigenvalue weighted by atomic mass is 10.4. The van der Waals surface area contributed by atoms with Crippen LogP contribution in [-0.4, -0.2) is 43.6 Å². The molecule has 3 nitrogen and oxygen atoms in total. The van der Waals surface area contributed by atoms with Crippen molar-refractivity contribution >= 4 is 29.3 Å². The molecule has 0 aliphatic heterocycles. The normalized spacial score (nSPS) is 12.6. The summed E-state index contributed by atoms with van der Waals surface area (Å²) in [6.07, 6.45) is 2.03. The number of hydrogen-bond acceptors (Lipinski definition) is 4. The number of carbonyl (C=O) groups is 1. The van der Waals surface area contributed by atoms with E-state index in [9.17, 15) is 4.79 Å². The van der Waals surface area contributed by atoms with Gasteiger partial charge in [0.05, 0.1) is 7.11 Å². The first-order valence-electron chi connectivity index (χ1n) is 3.64. The average Bonchev–Trinajstić information content (AvgIpc) is 2.10. The molecule has 0 aliphatic rings. The van der Waals surface area contributed by atoms with Crippen molar-refractivity contribution in [3.63, 3.8) is 0 Å². The van der Waals surface area contributed by atoms with Crippen molar-refractivity contribution in [2.24, 2.45) is 0 Å². The molecule has 0 aromatic heterocycles. The van der Waals surface area contributed by atoms with Gasteiger partial charge in [-0.1, -0.05) is 0 Å². The maximum atomic E-state index is 10.8. The molecule has 0 fully saturated rings. The van der Waals surface area contributed by atoms with Crippen molar-refractivity contribution in [3.05, 3.63) is 0 Å². The Morgan fingerprint density at radius 1 is 1.75 bits per heavy atom. The number of halogens is 1. The van der Waals surface area contributed by atoms with Crippen LogP contribution in [-0.2, 0) is 9.53 Å². The molecule has 5 heteroatoms. The molecule has 0 saturated carbocycles. The molecule has 72 valence electrons. The Kier molecular flexibility index (Phi) is 7.75. The fraction of sp³-hybridized carbons (Fsp3) is 0.857. The number of alkyl halides is 1. The molecule has 0 aromatic carbocycles. The minimum absolute atomic E-state index is 0.381. The highest BCUT2D eigenvalue weighted by Gasteiger charge is 2.13. The Morgan fingerprint density at radius 3 is 2.92 bits per heavy atom. The zero-order valence-corrected chi connectivity index (χ0v) is 8.87. The van der Waals surface area contributed by atoms with Crippen LogP contribution in [0.4, 0.5) is 0 Å². The van der Waals surface area contributed by atoms with Gasteiger partial charge in [0.1, 0.15) is 5.38 Å². The molecule has 0 bridgehead atoms. The van der Waals surface area contributed by atoms with Gasteiger partial charge in [0.25, 0.3) is 0 Å². The summed E-state index contributed by atoms with van der Waals surface area (Å²) in [5.74, 6) is 0.637. The summed E-state index contributed by atoms with van der Waals surface area (Å²) in [6, 6.07) is 0. The summed E-state index contributed by atoms with van der Waals surface area (Å²) >= 11 is 7.41. The van der Waals surface area contributed by atoms with Crippen molar-refractivity contribution in [2.45, 2.75) is 5.38 Å². The van der Waals surface area contributed by atoms with Crippen LogP contribution in [0.2, 0.25) is 0 Å². The van der Waals surface area contributed by atoms with E-state index in [2.05, 4.69) is 10.1 Å². The van der Waals surface area contributed by atoms with E-state index in [1.54, 1.807) is 11.8 Å². The highest BCUT2D eigenvalue weighted by molar-refractivity contribution is 7.98. The van der Waals surface area contributed by atoms with Crippen LogP contribution in [0.5, 0.6) is 0 Å². The van der Waals surface area contributed by atoms with Gasteiger partial charge in [-0.05, 0) is 6.26 Å². The molecule has 0 saturated heterocycles. The molecule has 1 atom stereocenters. The third-order valence-electron chi connectivity index (χ3n) is 1.26. The first-order chi connectivity index (χ1) is 5.72. The Balaban J connectivity index is 3.31. The molecule has 0 aromatic rings.